The van der Waals surface area contributed by atoms with Crippen molar-refractivity contribution in [2.75, 3.05) is 12.4 Å². The zero-order chi connectivity index (χ0) is 14.7. The monoisotopic (exact) mass is 342 g/mol. The molecule has 1 aromatic carbocycles. The molecule has 0 saturated heterocycles. The number of nitro benzene ring substituents is 1. The number of rotatable bonds is 4. The molecule has 2 rings (SSSR count). The fraction of sp³-hybridized carbons (Fsp3) is 0.0909. The summed E-state index contributed by atoms with van der Waals surface area (Å²) >= 11 is 3.17. The minimum Gasteiger partial charge on any atom is -0.430 e. The zero-order valence-electron chi connectivity index (χ0n) is 10.1. The average Bonchev–Trinajstić information content (AvgIpc) is 2.42. The fourth-order valence-electron chi connectivity index (χ4n) is 1.37. The van der Waals surface area contributed by atoms with Crippen molar-refractivity contribution < 1.29 is 14.1 Å². The predicted molar refractivity (Wildman–Crippen MR) is 72.4 cm³/mol. The molecule has 104 valence electrons. The van der Waals surface area contributed by atoms with Gasteiger partial charge in [-0.05, 0) is 28.1 Å². The lowest BCUT2D eigenvalue weighted by atomic mass is 10.3. The van der Waals surface area contributed by atoms with Crippen molar-refractivity contribution >= 4 is 27.6 Å². The zero-order valence-corrected chi connectivity index (χ0v) is 11.7. The van der Waals surface area contributed by atoms with Crippen LogP contribution in [-0.2, 0) is 0 Å². The van der Waals surface area contributed by atoms with Gasteiger partial charge in [0.15, 0.2) is 0 Å². The number of hydrogen-bond donors (Lipinski definition) is 1. The second-order valence-electron chi connectivity index (χ2n) is 3.57. The van der Waals surface area contributed by atoms with Crippen LogP contribution in [-0.4, -0.2) is 21.9 Å². The van der Waals surface area contributed by atoms with E-state index in [-0.39, 0.29) is 17.6 Å². The highest BCUT2D eigenvalue weighted by molar-refractivity contribution is 9.10. The number of benzene rings is 1. The minimum atomic E-state index is -0.730. The van der Waals surface area contributed by atoms with Gasteiger partial charge in [-0.2, -0.15) is 4.98 Å². The molecule has 0 spiro atoms. The Balaban J connectivity index is 2.42. The lowest BCUT2D eigenvalue weighted by molar-refractivity contribution is -0.385. The predicted octanol–water partition coefficient (Wildman–Crippen LogP) is 3.12. The lowest BCUT2D eigenvalue weighted by Crippen LogP contribution is -2.00. The standard InChI is InChI=1S/C11H8BrFN4O3/c1-14-11-15-5-7(12)10(16-11)20-9-3-2-6(13)4-8(9)17(18)19/h2-5H,1H3,(H,14,15,16). The van der Waals surface area contributed by atoms with Gasteiger partial charge in [-0.25, -0.2) is 9.37 Å². The Kier molecular flexibility index (Phi) is 4.08. The van der Waals surface area contributed by atoms with Crippen LogP contribution in [0, 0.1) is 15.9 Å². The number of nitrogens with zero attached hydrogens (tertiary/aromatic N) is 3. The molecule has 1 heterocycles. The summed E-state index contributed by atoms with van der Waals surface area (Å²) in [6.07, 6.45) is 1.43. The third-order valence-corrected chi connectivity index (χ3v) is 2.80. The summed E-state index contributed by atoms with van der Waals surface area (Å²) in [5, 5.41) is 13.6. The topological polar surface area (TPSA) is 90.2 Å². The molecule has 0 radical (unpaired) electrons. The van der Waals surface area contributed by atoms with E-state index in [1.54, 1.807) is 7.05 Å². The number of halogens is 2. The van der Waals surface area contributed by atoms with Gasteiger partial charge in [0.25, 0.3) is 0 Å². The fourth-order valence-corrected chi connectivity index (χ4v) is 1.64. The van der Waals surface area contributed by atoms with Gasteiger partial charge < -0.3 is 10.1 Å². The molecule has 0 fully saturated rings. The van der Waals surface area contributed by atoms with Crippen molar-refractivity contribution in [2.45, 2.75) is 0 Å². The van der Waals surface area contributed by atoms with E-state index in [2.05, 4.69) is 31.2 Å². The second kappa shape index (κ2) is 5.78. The van der Waals surface area contributed by atoms with Crippen LogP contribution >= 0.6 is 15.9 Å². The number of hydrogen-bond acceptors (Lipinski definition) is 6. The Hall–Kier alpha value is -2.29. The first-order valence-corrected chi connectivity index (χ1v) is 6.12. The molecule has 0 unspecified atom stereocenters. The van der Waals surface area contributed by atoms with Crippen molar-refractivity contribution in [3.63, 3.8) is 0 Å². The van der Waals surface area contributed by atoms with Gasteiger partial charge in [-0.3, -0.25) is 10.1 Å². The maximum Gasteiger partial charge on any atom is 0.314 e. The second-order valence-corrected chi connectivity index (χ2v) is 4.42. The molecule has 1 N–H and O–H groups in total. The average molecular weight is 343 g/mol. The smallest absolute Gasteiger partial charge is 0.314 e. The molecule has 9 heteroatoms. The Labute approximate surface area is 121 Å². The molecule has 0 bridgehead atoms. The molecule has 20 heavy (non-hydrogen) atoms. The molecular formula is C11H8BrFN4O3. The van der Waals surface area contributed by atoms with Crippen LogP contribution in [0.1, 0.15) is 0 Å². The van der Waals surface area contributed by atoms with Crippen LogP contribution in [0.2, 0.25) is 0 Å². The molecule has 7 nitrogen and oxygen atoms in total. The number of aromatic nitrogens is 2. The lowest BCUT2D eigenvalue weighted by Gasteiger charge is -2.08. The van der Waals surface area contributed by atoms with Crippen molar-refractivity contribution in [3.8, 4) is 11.6 Å². The van der Waals surface area contributed by atoms with Crippen molar-refractivity contribution in [1.82, 2.24) is 9.97 Å². The summed E-state index contributed by atoms with van der Waals surface area (Å²) in [5.41, 5.74) is -0.485. The summed E-state index contributed by atoms with van der Waals surface area (Å²) in [7, 11) is 1.62. The largest absolute Gasteiger partial charge is 0.430 e. The van der Waals surface area contributed by atoms with Crippen molar-refractivity contribution in [1.29, 1.82) is 0 Å². The van der Waals surface area contributed by atoms with Crippen LogP contribution in [0.25, 0.3) is 0 Å². The number of ether oxygens (including phenoxy) is 1. The molecule has 0 aliphatic carbocycles. The number of nitro groups is 1. The minimum absolute atomic E-state index is 0.0825. The van der Waals surface area contributed by atoms with E-state index < -0.39 is 16.4 Å². The number of anilines is 1. The quantitative estimate of drug-likeness (QED) is 0.678. The molecular weight excluding hydrogens is 335 g/mol. The summed E-state index contributed by atoms with van der Waals surface area (Å²) in [5.74, 6) is -0.466. The SMILES string of the molecule is CNc1ncc(Br)c(Oc2ccc(F)cc2[N+](=O)[O-])n1. The highest BCUT2D eigenvalue weighted by atomic mass is 79.9. The van der Waals surface area contributed by atoms with E-state index in [1.165, 1.54) is 12.3 Å². The van der Waals surface area contributed by atoms with E-state index in [0.717, 1.165) is 12.1 Å². The van der Waals surface area contributed by atoms with Gasteiger partial charge in [-0.15, -0.1) is 0 Å². The van der Waals surface area contributed by atoms with Gasteiger partial charge in [0.05, 0.1) is 21.7 Å². The highest BCUT2D eigenvalue weighted by Gasteiger charge is 2.19. The van der Waals surface area contributed by atoms with Crippen LogP contribution in [0.5, 0.6) is 11.6 Å². The van der Waals surface area contributed by atoms with Gasteiger partial charge in [-0.1, -0.05) is 0 Å². The van der Waals surface area contributed by atoms with E-state index >= 15 is 0 Å². The Bertz CT molecular complexity index is 668. The first-order chi connectivity index (χ1) is 9.51. The van der Waals surface area contributed by atoms with Gasteiger partial charge >= 0.3 is 5.69 Å². The third-order valence-electron chi connectivity index (χ3n) is 2.26. The molecule has 0 atom stereocenters. The summed E-state index contributed by atoms with van der Waals surface area (Å²) in [6, 6.07) is 3.01. The maximum absolute atomic E-state index is 13.0. The Morgan fingerprint density at radius 3 is 2.90 bits per heavy atom. The first-order valence-electron chi connectivity index (χ1n) is 5.33. The van der Waals surface area contributed by atoms with Crippen LogP contribution < -0.4 is 10.1 Å². The molecule has 1 aromatic heterocycles. The van der Waals surface area contributed by atoms with Crippen LogP contribution in [0.3, 0.4) is 0 Å². The van der Waals surface area contributed by atoms with Crippen LogP contribution in [0.4, 0.5) is 16.0 Å². The Morgan fingerprint density at radius 1 is 1.50 bits per heavy atom. The maximum atomic E-state index is 13.0. The molecule has 0 aliphatic rings. The highest BCUT2D eigenvalue weighted by Crippen LogP contribution is 2.34. The third kappa shape index (κ3) is 2.99. The molecule has 0 amide bonds. The summed E-state index contributed by atoms with van der Waals surface area (Å²) < 4.78 is 18.8. The van der Waals surface area contributed by atoms with E-state index in [9.17, 15) is 14.5 Å². The summed E-state index contributed by atoms with van der Waals surface area (Å²) in [4.78, 5) is 18.1. The molecule has 0 saturated carbocycles. The van der Waals surface area contributed by atoms with Gasteiger partial charge in [0.2, 0.25) is 17.6 Å². The first kappa shape index (κ1) is 14.1. The normalized spacial score (nSPS) is 10.2. The van der Waals surface area contributed by atoms with Crippen molar-refractivity contribution in [3.05, 3.63) is 44.8 Å². The summed E-state index contributed by atoms with van der Waals surface area (Å²) in [6.45, 7) is 0. The van der Waals surface area contributed by atoms with E-state index in [0.29, 0.717) is 4.47 Å². The molecule has 0 aliphatic heterocycles. The van der Waals surface area contributed by atoms with E-state index in [4.69, 9.17) is 4.74 Å². The Morgan fingerprint density at radius 2 is 2.25 bits per heavy atom. The number of nitrogens with one attached hydrogen (secondary N) is 1. The van der Waals surface area contributed by atoms with Crippen molar-refractivity contribution in [2.24, 2.45) is 0 Å². The van der Waals surface area contributed by atoms with E-state index in [1.807, 2.05) is 0 Å². The van der Waals surface area contributed by atoms with Gasteiger partial charge in [0, 0.05) is 7.05 Å². The molecule has 2 aromatic rings. The van der Waals surface area contributed by atoms with Gasteiger partial charge in [0.1, 0.15) is 5.82 Å². The van der Waals surface area contributed by atoms with Crippen LogP contribution in [0.15, 0.2) is 28.9 Å².